The molecule has 1 aromatic carbocycles. The van der Waals surface area contributed by atoms with Gasteiger partial charge >= 0.3 is 0 Å². The van der Waals surface area contributed by atoms with Crippen molar-refractivity contribution in [3.63, 3.8) is 0 Å². The number of halogens is 1. The van der Waals surface area contributed by atoms with Gasteiger partial charge in [-0.05, 0) is 42.7 Å². The molecule has 2 fully saturated rings. The lowest BCUT2D eigenvalue weighted by Crippen LogP contribution is -2.39. The Balaban J connectivity index is 1.46. The van der Waals surface area contributed by atoms with Crippen LogP contribution in [-0.4, -0.2) is 59.4 Å². The molecule has 0 aliphatic carbocycles. The van der Waals surface area contributed by atoms with Crippen molar-refractivity contribution in [2.45, 2.75) is 31.7 Å². The Labute approximate surface area is 142 Å². The van der Waals surface area contributed by atoms with E-state index in [0.29, 0.717) is 18.9 Å². The van der Waals surface area contributed by atoms with Gasteiger partial charge in [0.1, 0.15) is 5.82 Å². The highest BCUT2D eigenvalue weighted by Gasteiger charge is 2.26. The summed E-state index contributed by atoms with van der Waals surface area (Å²) < 4.78 is 12.9. The van der Waals surface area contributed by atoms with Gasteiger partial charge in [-0.3, -0.25) is 9.69 Å². The first-order valence-electron chi connectivity index (χ1n) is 8.56. The number of benzene rings is 1. The zero-order chi connectivity index (χ0) is 16.1. The molecular formula is C18H25FN2OS. The lowest BCUT2D eigenvalue weighted by atomic mass is 10.1. The van der Waals surface area contributed by atoms with Gasteiger partial charge in [0.05, 0.1) is 0 Å². The second kappa shape index (κ2) is 8.15. The maximum absolute atomic E-state index is 12.9. The van der Waals surface area contributed by atoms with Crippen LogP contribution in [0.1, 0.15) is 24.8 Å². The number of hydrogen-bond donors (Lipinski definition) is 0. The summed E-state index contributed by atoms with van der Waals surface area (Å²) in [5.41, 5.74) is 1.03. The van der Waals surface area contributed by atoms with Crippen molar-refractivity contribution in [3.05, 3.63) is 35.6 Å². The summed E-state index contributed by atoms with van der Waals surface area (Å²) in [7, 11) is 0. The molecule has 2 heterocycles. The molecule has 3 nitrogen and oxygen atoms in total. The molecule has 126 valence electrons. The van der Waals surface area contributed by atoms with Crippen LogP contribution in [0.2, 0.25) is 0 Å². The first-order chi connectivity index (χ1) is 11.2. The summed E-state index contributed by atoms with van der Waals surface area (Å²) in [6.45, 7) is 3.85. The quantitative estimate of drug-likeness (QED) is 0.845. The summed E-state index contributed by atoms with van der Waals surface area (Å²) in [5, 5.41) is 0. The highest BCUT2D eigenvalue weighted by molar-refractivity contribution is 7.99. The molecular weight excluding hydrogens is 311 g/mol. The van der Waals surface area contributed by atoms with E-state index in [0.717, 1.165) is 38.2 Å². The van der Waals surface area contributed by atoms with E-state index in [1.54, 1.807) is 12.1 Å². The van der Waals surface area contributed by atoms with Crippen LogP contribution in [0.15, 0.2) is 24.3 Å². The smallest absolute Gasteiger partial charge is 0.222 e. The molecule has 2 aliphatic rings. The summed E-state index contributed by atoms with van der Waals surface area (Å²) in [6, 6.07) is 7.18. The zero-order valence-corrected chi connectivity index (χ0v) is 14.4. The SMILES string of the molecule is O=C(CCc1ccc(F)cc1)N1CCCN(C2CCSC2)CC1. The van der Waals surface area contributed by atoms with Crippen LogP contribution in [-0.2, 0) is 11.2 Å². The van der Waals surface area contributed by atoms with Crippen molar-refractivity contribution in [1.29, 1.82) is 0 Å². The van der Waals surface area contributed by atoms with Gasteiger partial charge in [-0.1, -0.05) is 12.1 Å². The zero-order valence-electron chi connectivity index (χ0n) is 13.5. The van der Waals surface area contributed by atoms with Gasteiger partial charge in [-0.25, -0.2) is 4.39 Å². The van der Waals surface area contributed by atoms with Crippen molar-refractivity contribution in [2.24, 2.45) is 0 Å². The van der Waals surface area contributed by atoms with E-state index in [9.17, 15) is 9.18 Å². The fourth-order valence-electron chi connectivity index (χ4n) is 3.42. The minimum atomic E-state index is -0.224. The van der Waals surface area contributed by atoms with Gasteiger partial charge in [0, 0.05) is 44.4 Å². The number of carbonyl (C=O) groups excluding carboxylic acids is 1. The summed E-state index contributed by atoms with van der Waals surface area (Å²) in [6.07, 6.45) is 3.58. The molecule has 1 atom stereocenters. The Morgan fingerprint density at radius 3 is 2.74 bits per heavy atom. The van der Waals surface area contributed by atoms with Crippen LogP contribution in [0.25, 0.3) is 0 Å². The predicted molar refractivity (Wildman–Crippen MR) is 93.2 cm³/mol. The summed E-state index contributed by atoms with van der Waals surface area (Å²) >= 11 is 2.05. The Morgan fingerprint density at radius 2 is 2.00 bits per heavy atom. The molecule has 0 saturated carbocycles. The van der Waals surface area contributed by atoms with E-state index in [-0.39, 0.29) is 11.7 Å². The molecule has 1 aromatic rings. The van der Waals surface area contributed by atoms with Gasteiger partial charge in [0.15, 0.2) is 0 Å². The van der Waals surface area contributed by atoms with Gasteiger partial charge in [0.25, 0.3) is 0 Å². The molecule has 1 unspecified atom stereocenters. The molecule has 5 heteroatoms. The Kier molecular flexibility index (Phi) is 5.95. The molecule has 0 radical (unpaired) electrons. The lowest BCUT2D eigenvalue weighted by molar-refractivity contribution is -0.131. The Bertz CT molecular complexity index is 516. The van der Waals surface area contributed by atoms with E-state index in [1.807, 2.05) is 16.7 Å². The van der Waals surface area contributed by atoms with Crippen molar-refractivity contribution < 1.29 is 9.18 Å². The summed E-state index contributed by atoms with van der Waals surface area (Å²) in [5.74, 6) is 2.54. The number of amides is 1. The highest BCUT2D eigenvalue weighted by Crippen LogP contribution is 2.23. The van der Waals surface area contributed by atoms with Crippen LogP contribution in [0.5, 0.6) is 0 Å². The number of hydrogen-bond acceptors (Lipinski definition) is 3. The molecule has 23 heavy (non-hydrogen) atoms. The van der Waals surface area contributed by atoms with Gasteiger partial charge < -0.3 is 4.90 Å². The molecule has 2 aliphatic heterocycles. The third-order valence-electron chi connectivity index (χ3n) is 4.85. The van der Waals surface area contributed by atoms with Crippen LogP contribution in [0.4, 0.5) is 4.39 Å². The number of rotatable bonds is 4. The first kappa shape index (κ1) is 16.8. The van der Waals surface area contributed by atoms with Gasteiger partial charge in [-0.2, -0.15) is 11.8 Å². The second-order valence-electron chi connectivity index (χ2n) is 6.41. The minimum Gasteiger partial charge on any atom is -0.341 e. The van der Waals surface area contributed by atoms with Crippen molar-refractivity contribution in [2.75, 3.05) is 37.7 Å². The number of carbonyl (C=O) groups is 1. The monoisotopic (exact) mass is 336 g/mol. The Morgan fingerprint density at radius 1 is 1.17 bits per heavy atom. The van der Waals surface area contributed by atoms with Gasteiger partial charge in [-0.15, -0.1) is 0 Å². The molecule has 3 rings (SSSR count). The predicted octanol–water partition coefficient (Wildman–Crippen LogP) is 2.80. The van der Waals surface area contributed by atoms with Crippen molar-refractivity contribution in [1.82, 2.24) is 9.80 Å². The normalized spacial score (nSPS) is 23.0. The number of thioether (sulfide) groups is 1. The fourth-order valence-corrected chi connectivity index (χ4v) is 4.68. The molecule has 0 spiro atoms. The second-order valence-corrected chi connectivity index (χ2v) is 7.56. The topological polar surface area (TPSA) is 23.6 Å². The van der Waals surface area contributed by atoms with E-state index >= 15 is 0 Å². The third kappa shape index (κ3) is 4.70. The number of aryl methyl sites for hydroxylation is 1. The largest absolute Gasteiger partial charge is 0.341 e. The third-order valence-corrected chi connectivity index (χ3v) is 5.99. The average Bonchev–Trinajstić information content (AvgIpc) is 2.98. The highest BCUT2D eigenvalue weighted by atomic mass is 32.2. The molecule has 0 aromatic heterocycles. The van der Waals surface area contributed by atoms with E-state index in [1.165, 1.54) is 30.1 Å². The van der Waals surface area contributed by atoms with Crippen LogP contribution >= 0.6 is 11.8 Å². The molecule has 0 N–H and O–H groups in total. The van der Waals surface area contributed by atoms with E-state index in [2.05, 4.69) is 4.90 Å². The fraction of sp³-hybridized carbons (Fsp3) is 0.611. The first-order valence-corrected chi connectivity index (χ1v) is 9.72. The van der Waals surface area contributed by atoms with Crippen molar-refractivity contribution >= 4 is 17.7 Å². The lowest BCUT2D eigenvalue weighted by Gasteiger charge is -2.26. The van der Waals surface area contributed by atoms with Crippen molar-refractivity contribution in [3.8, 4) is 0 Å². The summed E-state index contributed by atoms with van der Waals surface area (Å²) in [4.78, 5) is 17.0. The van der Waals surface area contributed by atoms with Gasteiger partial charge in [0.2, 0.25) is 5.91 Å². The molecule has 0 bridgehead atoms. The molecule has 2 saturated heterocycles. The average molecular weight is 336 g/mol. The van der Waals surface area contributed by atoms with Crippen LogP contribution < -0.4 is 0 Å². The maximum atomic E-state index is 12.9. The molecule has 1 amide bonds. The Hall–Kier alpha value is -1.07. The van der Waals surface area contributed by atoms with E-state index < -0.39 is 0 Å². The van der Waals surface area contributed by atoms with E-state index in [4.69, 9.17) is 0 Å². The minimum absolute atomic E-state index is 0.224. The van der Waals surface area contributed by atoms with Crippen LogP contribution in [0, 0.1) is 5.82 Å². The van der Waals surface area contributed by atoms with Crippen LogP contribution in [0.3, 0.4) is 0 Å². The standard InChI is InChI=1S/C18H25FN2OS/c19-16-5-2-15(3-6-16)4-7-18(22)21-10-1-9-20(11-12-21)17-8-13-23-14-17/h2-3,5-6,17H,1,4,7-14H2. The maximum Gasteiger partial charge on any atom is 0.222 e. The number of nitrogens with zero attached hydrogens (tertiary/aromatic N) is 2.